The van der Waals surface area contributed by atoms with E-state index in [2.05, 4.69) is 15.6 Å². The van der Waals surface area contributed by atoms with Crippen molar-refractivity contribution in [2.75, 3.05) is 13.1 Å². The van der Waals surface area contributed by atoms with Crippen LogP contribution in [0.4, 0.5) is 4.79 Å². The van der Waals surface area contributed by atoms with Crippen LogP contribution in [0.1, 0.15) is 43.1 Å². The van der Waals surface area contributed by atoms with Gasteiger partial charge in [0.1, 0.15) is 0 Å². The summed E-state index contributed by atoms with van der Waals surface area (Å²) in [5.41, 5.74) is -0.0563. The molecule has 0 bridgehead atoms. The fraction of sp³-hybridized carbons (Fsp3) is 0.692. The van der Waals surface area contributed by atoms with Crippen molar-refractivity contribution in [3.63, 3.8) is 0 Å². The highest BCUT2D eigenvalue weighted by atomic mass is 16.4. The quantitative estimate of drug-likeness (QED) is 0.842. The molecule has 0 spiro atoms. The molecule has 8 nitrogen and oxygen atoms in total. The first-order valence-electron chi connectivity index (χ1n) is 7.29. The lowest BCUT2D eigenvalue weighted by molar-refractivity contribution is 0.0690. The molecule has 8 heteroatoms. The lowest BCUT2D eigenvalue weighted by Gasteiger charge is -2.35. The van der Waals surface area contributed by atoms with E-state index in [0.29, 0.717) is 13.1 Å². The first kappa shape index (κ1) is 15.3. The van der Waals surface area contributed by atoms with Crippen LogP contribution < -0.4 is 5.32 Å². The van der Waals surface area contributed by atoms with Gasteiger partial charge in [0.15, 0.2) is 5.69 Å². The van der Waals surface area contributed by atoms with Crippen LogP contribution in [0.3, 0.4) is 0 Å². The SMILES string of the molecule is CCNC(=O)N1CCCCC1CCn1cc(C(=O)O)nn1. The Labute approximate surface area is 123 Å². The number of aromatic nitrogens is 3. The molecule has 1 fully saturated rings. The summed E-state index contributed by atoms with van der Waals surface area (Å²) in [6.07, 6.45) is 5.28. The van der Waals surface area contributed by atoms with E-state index in [9.17, 15) is 9.59 Å². The number of nitrogens with one attached hydrogen (secondary N) is 1. The predicted molar refractivity (Wildman–Crippen MR) is 75.0 cm³/mol. The number of hydrogen-bond donors (Lipinski definition) is 2. The molecule has 0 aromatic carbocycles. The van der Waals surface area contributed by atoms with Gasteiger partial charge in [-0.3, -0.25) is 4.68 Å². The van der Waals surface area contributed by atoms with Gasteiger partial charge in [0.2, 0.25) is 0 Å². The summed E-state index contributed by atoms with van der Waals surface area (Å²) >= 11 is 0. The third kappa shape index (κ3) is 3.93. The van der Waals surface area contributed by atoms with Crippen LogP contribution in [0, 0.1) is 0 Å². The normalized spacial score (nSPS) is 18.5. The zero-order chi connectivity index (χ0) is 15.2. The number of aromatic carboxylic acids is 1. The number of rotatable bonds is 5. The van der Waals surface area contributed by atoms with E-state index < -0.39 is 5.97 Å². The first-order valence-corrected chi connectivity index (χ1v) is 7.29. The van der Waals surface area contributed by atoms with Crippen molar-refractivity contribution in [1.82, 2.24) is 25.2 Å². The molecule has 1 saturated heterocycles. The van der Waals surface area contributed by atoms with Gasteiger partial charge in [-0.25, -0.2) is 9.59 Å². The molecule has 2 heterocycles. The second kappa shape index (κ2) is 7.05. The van der Waals surface area contributed by atoms with Crippen molar-refractivity contribution >= 4 is 12.0 Å². The number of carboxylic acid groups (broad SMARTS) is 1. The summed E-state index contributed by atoms with van der Waals surface area (Å²) < 4.78 is 1.52. The number of piperidine rings is 1. The van der Waals surface area contributed by atoms with Crippen molar-refractivity contribution in [3.8, 4) is 0 Å². The van der Waals surface area contributed by atoms with Crippen molar-refractivity contribution in [3.05, 3.63) is 11.9 Å². The Morgan fingerprint density at radius 3 is 2.95 bits per heavy atom. The Balaban J connectivity index is 1.92. The highest BCUT2D eigenvalue weighted by Crippen LogP contribution is 2.20. The summed E-state index contributed by atoms with van der Waals surface area (Å²) in [5.74, 6) is -1.08. The van der Waals surface area contributed by atoms with Crippen molar-refractivity contribution in [2.24, 2.45) is 0 Å². The van der Waals surface area contributed by atoms with E-state index in [1.165, 1.54) is 10.9 Å². The molecule has 2 rings (SSSR count). The molecular formula is C13H21N5O3. The van der Waals surface area contributed by atoms with Crippen LogP contribution in [-0.2, 0) is 6.54 Å². The zero-order valence-corrected chi connectivity index (χ0v) is 12.2. The van der Waals surface area contributed by atoms with Crippen LogP contribution >= 0.6 is 0 Å². The standard InChI is InChI=1S/C13H21N5O3/c1-2-14-13(21)18-7-4-3-5-10(18)6-8-17-9-11(12(19)20)15-16-17/h9-10H,2-8H2,1H3,(H,14,21)(H,19,20). The molecular weight excluding hydrogens is 274 g/mol. The van der Waals surface area contributed by atoms with Crippen LogP contribution in [0.2, 0.25) is 0 Å². The molecule has 1 aromatic rings. The number of hydrogen-bond acceptors (Lipinski definition) is 4. The third-order valence-corrected chi connectivity index (χ3v) is 3.67. The maximum Gasteiger partial charge on any atom is 0.358 e. The lowest BCUT2D eigenvalue weighted by atomic mass is 10.00. The van der Waals surface area contributed by atoms with Crippen LogP contribution in [0.5, 0.6) is 0 Å². The number of urea groups is 1. The number of amides is 2. The van der Waals surface area contributed by atoms with Gasteiger partial charge in [0, 0.05) is 25.7 Å². The number of nitrogens with zero attached hydrogens (tertiary/aromatic N) is 4. The zero-order valence-electron chi connectivity index (χ0n) is 12.2. The molecule has 1 aliphatic heterocycles. The molecule has 0 radical (unpaired) electrons. The Hall–Kier alpha value is -2.12. The van der Waals surface area contributed by atoms with Gasteiger partial charge in [0.05, 0.1) is 6.20 Å². The number of carbonyl (C=O) groups excluding carboxylic acids is 1. The van der Waals surface area contributed by atoms with Crippen molar-refractivity contribution in [1.29, 1.82) is 0 Å². The smallest absolute Gasteiger partial charge is 0.358 e. The highest BCUT2D eigenvalue weighted by Gasteiger charge is 2.26. The second-order valence-electron chi connectivity index (χ2n) is 5.14. The van der Waals surface area contributed by atoms with Crippen LogP contribution in [-0.4, -0.2) is 56.1 Å². The monoisotopic (exact) mass is 295 g/mol. The van der Waals surface area contributed by atoms with Crippen LogP contribution in [0.15, 0.2) is 6.20 Å². The number of carbonyl (C=O) groups is 2. The molecule has 0 saturated carbocycles. The predicted octanol–water partition coefficient (Wildman–Crippen LogP) is 0.950. The Bertz CT molecular complexity index is 502. The Kier molecular flexibility index (Phi) is 5.13. The molecule has 1 unspecified atom stereocenters. The van der Waals surface area contributed by atoms with E-state index >= 15 is 0 Å². The maximum atomic E-state index is 12.0. The van der Waals surface area contributed by atoms with Gasteiger partial charge < -0.3 is 15.3 Å². The van der Waals surface area contributed by atoms with Crippen LogP contribution in [0.25, 0.3) is 0 Å². The molecule has 1 aliphatic rings. The van der Waals surface area contributed by atoms with E-state index in [0.717, 1.165) is 32.2 Å². The van der Waals surface area contributed by atoms with Gasteiger partial charge in [-0.2, -0.15) is 0 Å². The largest absolute Gasteiger partial charge is 0.476 e. The number of likely N-dealkylation sites (tertiary alicyclic amines) is 1. The molecule has 2 N–H and O–H groups in total. The molecule has 1 atom stereocenters. The molecule has 0 aliphatic carbocycles. The summed E-state index contributed by atoms with van der Waals surface area (Å²) in [5, 5.41) is 19.0. The summed E-state index contributed by atoms with van der Waals surface area (Å²) in [6.45, 7) is 3.85. The van der Waals surface area contributed by atoms with Gasteiger partial charge >= 0.3 is 12.0 Å². The minimum absolute atomic E-state index is 0.0213. The molecule has 2 amide bonds. The van der Waals surface area contributed by atoms with E-state index in [1.54, 1.807) is 0 Å². The van der Waals surface area contributed by atoms with E-state index in [-0.39, 0.29) is 17.8 Å². The summed E-state index contributed by atoms with van der Waals surface area (Å²) in [6, 6.07) is 0.148. The molecule has 21 heavy (non-hydrogen) atoms. The van der Waals surface area contributed by atoms with E-state index in [1.807, 2.05) is 11.8 Å². The minimum atomic E-state index is -1.08. The van der Waals surface area contributed by atoms with Crippen molar-refractivity contribution in [2.45, 2.75) is 45.2 Å². The topological polar surface area (TPSA) is 100 Å². The average molecular weight is 295 g/mol. The first-order chi connectivity index (χ1) is 10.1. The van der Waals surface area contributed by atoms with Gasteiger partial charge in [0.25, 0.3) is 0 Å². The van der Waals surface area contributed by atoms with E-state index in [4.69, 9.17) is 5.11 Å². The highest BCUT2D eigenvalue weighted by molar-refractivity contribution is 5.84. The van der Waals surface area contributed by atoms with Gasteiger partial charge in [-0.05, 0) is 32.6 Å². The third-order valence-electron chi connectivity index (χ3n) is 3.67. The second-order valence-corrected chi connectivity index (χ2v) is 5.14. The fourth-order valence-electron chi connectivity index (χ4n) is 2.61. The average Bonchev–Trinajstić information content (AvgIpc) is 2.95. The maximum absolute atomic E-state index is 12.0. The fourth-order valence-corrected chi connectivity index (χ4v) is 2.61. The van der Waals surface area contributed by atoms with Gasteiger partial charge in [-0.15, -0.1) is 5.10 Å². The number of carboxylic acids is 1. The molecule has 116 valence electrons. The molecule has 1 aromatic heterocycles. The summed E-state index contributed by atoms with van der Waals surface area (Å²) in [4.78, 5) is 24.6. The minimum Gasteiger partial charge on any atom is -0.476 e. The number of aryl methyl sites for hydroxylation is 1. The summed E-state index contributed by atoms with van der Waals surface area (Å²) in [7, 11) is 0. The van der Waals surface area contributed by atoms with Crippen molar-refractivity contribution < 1.29 is 14.7 Å². The Morgan fingerprint density at radius 1 is 1.48 bits per heavy atom. The lowest BCUT2D eigenvalue weighted by Crippen LogP contribution is -2.48. The van der Waals surface area contributed by atoms with Gasteiger partial charge in [-0.1, -0.05) is 5.21 Å². The Morgan fingerprint density at radius 2 is 2.29 bits per heavy atom.